The summed E-state index contributed by atoms with van der Waals surface area (Å²) < 4.78 is 0. The van der Waals surface area contributed by atoms with Crippen molar-refractivity contribution in [3.05, 3.63) is 30.1 Å². The van der Waals surface area contributed by atoms with Gasteiger partial charge < -0.3 is 21.1 Å². The van der Waals surface area contributed by atoms with Crippen LogP contribution in [0.4, 0.5) is 11.8 Å². The van der Waals surface area contributed by atoms with Crippen molar-refractivity contribution in [1.82, 2.24) is 20.3 Å². The molecule has 0 aliphatic heterocycles. The molecule has 2 aliphatic rings. The molecule has 0 radical (unpaired) electrons. The highest BCUT2D eigenvalue weighted by Crippen LogP contribution is 2.32. The lowest BCUT2D eigenvalue weighted by Crippen LogP contribution is -2.36. The summed E-state index contributed by atoms with van der Waals surface area (Å²) in [5.41, 5.74) is 3.02. The van der Waals surface area contributed by atoms with Gasteiger partial charge in [0.25, 0.3) is 0 Å². The van der Waals surface area contributed by atoms with Gasteiger partial charge in [0.1, 0.15) is 5.82 Å². The Hall–Kier alpha value is -2.25. The van der Waals surface area contributed by atoms with Crippen LogP contribution in [0.25, 0.3) is 11.3 Å². The second kappa shape index (κ2) is 14.1. The third-order valence-corrected chi connectivity index (χ3v) is 8.07. The summed E-state index contributed by atoms with van der Waals surface area (Å²) >= 11 is 0. The Labute approximate surface area is 223 Å². The van der Waals surface area contributed by atoms with E-state index in [-0.39, 0.29) is 6.10 Å². The topological polar surface area (TPSA) is 95.0 Å². The van der Waals surface area contributed by atoms with Gasteiger partial charge in [0.2, 0.25) is 5.95 Å². The maximum atomic E-state index is 9.91. The van der Waals surface area contributed by atoms with Crippen molar-refractivity contribution in [1.29, 1.82) is 0 Å². The van der Waals surface area contributed by atoms with Crippen molar-refractivity contribution in [2.45, 2.75) is 116 Å². The van der Waals surface area contributed by atoms with Crippen molar-refractivity contribution in [3.63, 3.8) is 0 Å². The summed E-state index contributed by atoms with van der Waals surface area (Å²) in [6, 6.07) is 5.18. The zero-order valence-corrected chi connectivity index (χ0v) is 23.2. The van der Waals surface area contributed by atoms with Crippen LogP contribution in [0.5, 0.6) is 0 Å². The van der Waals surface area contributed by atoms with Crippen LogP contribution >= 0.6 is 0 Å². The van der Waals surface area contributed by atoms with Crippen molar-refractivity contribution in [2.75, 3.05) is 17.2 Å². The fraction of sp³-hybridized carbons (Fsp3) is 0.700. The standard InChI is InChI=1S/C30H48N6O/c1-4-6-14-31-30-34-20-27(29(36-30)35-24-9-11-26(37)12-10-24)28-13-8-23(19-33-28)18-32-25-16-21(3)15-22(17-25)7-5-2/h8,13,19-22,24-26,32,37H,4-7,9-12,14-18H2,1-3H3,(H2,31,34,35,36)/t21?,22?,24-,25?,26-. The van der Waals surface area contributed by atoms with Crippen molar-refractivity contribution >= 4 is 11.8 Å². The van der Waals surface area contributed by atoms with Gasteiger partial charge in [-0.1, -0.05) is 46.1 Å². The zero-order valence-electron chi connectivity index (χ0n) is 23.2. The van der Waals surface area contributed by atoms with E-state index in [1.807, 2.05) is 12.4 Å². The van der Waals surface area contributed by atoms with Gasteiger partial charge in [-0.3, -0.25) is 4.98 Å². The van der Waals surface area contributed by atoms with E-state index in [0.29, 0.717) is 18.0 Å². The number of hydrogen-bond acceptors (Lipinski definition) is 7. The average molecular weight is 509 g/mol. The monoisotopic (exact) mass is 508 g/mol. The molecule has 2 aliphatic carbocycles. The predicted octanol–water partition coefficient (Wildman–Crippen LogP) is 6.16. The minimum Gasteiger partial charge on any atom is -0.393 e. The van der Waals surface area contributed by atoms with Crippen molar-refractivity contribution in [2.24, 2.45) is 11.8 Å². The van der Waals surface area contributed by atoms with Gasteiger partial charge >= 0.3 is 0 Å². The number of aromatic nitrogens is 3. The number of anilines is 2. The molecule has 0 saturated heterocycles. The predicted molar refractivity (Wildman–Crippen MR) is 153 cm³/mol. The summed E-state index contributed by atoms with van der Waals surface area (Å²) in [5, 5.41) is 20.7. The normalized spacial score (nSPS) is 26.1. The minimum atomic E-state index is -0.175. The molecule has 7 nitrogen and oxygen atoms in total. The van der Waals surface area contributed by atoms with Gasteiger partial charge in [0, 0.05) is 37.6 Å². The molecule has 0 amide bonds. The van der Waals surface area contributed by atoms with E-state index in [1.165, 1.54) is 37.7 Å². The Kier molecular flexibility index (Phi) is 10.6. The van der Waals surface area contributed by atoms with Crippen LogP contribution in [0.2, 0.25) is 0 Å². The summed E-state index contributed by atoms with van der Waals surface area (Å²) in [7, 11) is 0. The second-order valence-corrected chi connectivity index (χ2v) is 11.5. The lowest BCUT2D eigenvalue weighted by Gasteiger charge is -2.34. The molecule has 4 rings (SSSR count). The summed E-state index contributed by atoms with van der Waals surface area (Å²) in [5.74, 6) is 3.15. The number of aliphatic hydroxyl groups excluding tert-OH is 1. The zero-order chi connectivity index (χ0) is 26.0. The minimum absolute atomic E-state index is 0.175. The number of rotatable bonds is 12. The Morgan fingerprint density at radius 2 is 1.78 bits per heavy atom. The molecule has 0 aromatic carbocycles. The Bertz CT molecular complexity index is 944. The fourth-order valence-corrected chi connectivity index (χ4v) is 6.06. The number of hydrogen-bond donors (Lipinski definition) is 4. The largest absolute Gasteiger partial charge is 0.393 e. The van der Waals surface area contributed by atoms with Crippen molar-refractivity contribution < 1.29 is 5.11 Å². The first-order valence-corrected chi connectivity index (χ1v) is 14.8. The van der Waals surface area contributed by atoms with Gasteiger partial charge in [-0.05, 0) is 74.8 Å². The highest BCUT2D eigenvalue weighted by Gasteiger charge is 2.26. The first-order valence-electron chi connectivity index (χ1n) is 14.8. The van der Waals surface area contributed by atoms with Crippen LogP contribution < -0.4 is 16.0 Å². The van der Waals surface area contributed by atoms with Gasteiger partial charge in [0.05, 0.1) is 17.4 Å². The lowest BCUT2D eigenvalue weighted by atomic mass is 9.77. The second-order valence-electron chi connectivity index (χ2n) is 11.5. The molecule has 0 bridgehead atoms. The van der Waals surface area contributed by atoms with E-state index in [1.54, 1.807) is 0 Å². The number of aliphatic hydroxyl groups is 1. The SMILES string of the molecule is CCCCNc1ncc(-c2ccc(CNC3CC(C)CC(CCC)C3)cn2)c(N[C@H]2CC[C@H](O)CC2)n1. The average Bonchev–Trinajstić information content (AvgIpc) is 2.89. The lowest BCUT2D eigenvalue weighted by molar-refractivity contribution is 0.126. The Morgan fingerprint density at radius 3 is 2.51 bits per heavy atom. The number of nitrogens with zero attached hydrogens (tertiary/aromatic N) is 3. The van der Waals surface area contributed by atoms with Gasteiger partial charge in [-0.2, -0.15) is 4.98 Å². The number of pyridine rings is 1. The maximum absolute atomic E-state index is 9.91. The molecule has 4 N–H and O–H groups in total. The third-order valence-electron chi connectivity index (χ3n) is 8.07. The molecule has 3 atom stereocenters. The highest BCUT2D eigenvalue weighted by molar-refractivity contribution is 5.73. The Morgan fingerprint density at radius 1 is 0.946 bits per heavy atom. The first kappa shape index (κ1) is 27.8. The molecule has 2 heterocycles. The molecular weight excluding hydrogens is 460 g/mol. The quantitative estimate of drug-likeness (QED) is 0.255. The molecule has 2 fully saturated rings. The van der Waals surface area contributed by atoms with Crippen molar-refractivity contribution in [3.8, 4) is 11.3 Å². The number of nitrogens with one attached hydrogen (secondary N) is 3. The van der Waals surface area contributed by atoms with Gasteiger partial charge in [0.15, 0.2) is 0 Å². The van der Waals surface area contributed by atoms with E-state index in [0.717, 1.165) is 80.5 Å². The molecule has 0 spiro atoms. The van der Waals surface area contributed by atoms with E-state index >= 15 is 0 Å². The van der Waals surface area contributed by atoms with Crippen LogP contribution in [0.1, 0.15) is 97.0 Å². The maximum Gasteiger partial charge on any atom is 0.224 e. The fourth-order valence-electron chi connectivity index (χ4n) is 6.06. The molecule has 2 aromatic heterocycles. The molecule has 2 aromatic rings. The van der Waals surface area contributed by atoms with Gasteiger partial charge in [-0.25, -0.2) is 4.98 Å². The molecule has 2 saturated carbocycles. The van der Waals surface area contributed by atoms with E-state index < -0.39 is 0 Å². The van der Waals surface area contributed by atoms with E-state index in [4.69, 9.17) is 9.97 Å². The van der Waals surface area contributed by atoms with Crippen LogP contribution in [-0.4, -0.2) is 44.8 Å². The van der Waals surface area contributed by atoms with E-state index in [9.17, 15) is 5.11 Å². The Balaban J connectivity index is 1.42. The molecular formula is C30H48N6O. The molecule has 37 heavy (non-hydrogen) atoms. The highest BCUT2D eigenvalue weighted by atomic mass is 16.3. The molecule has 204 valence electrons. The first-order chi connectivity index (χ1) is 18.0. The van der Waals surface area contributed by atoms with Crippen LogP contribution in [0.15, 0.2) is 24.5 Å². The van der Waals surface area contributed by atoms with Crippen LogP contribution in [-0.2, 0) is 6.54 Å². The van der Waals surface area contributed by atoms with Crippen LogP contribution in [0, 0.1) is 11.8 Å². The third kappa shape index (κ3) is 8.37. The summed E-state index contributed by atoms with van der Waals surface area (Å²) in [4.78, 5) is 14.2. The van der Waals surface area contributed by atoms with Gasteiger partial charge in [-0.15, -0.1) is 0 Å². The van der Waals surface area contributed by atoms with E-state index in [2.05, 4.69) is 53.8 Å². The van der Waals surface area contributed by atoms with Crippen LogP contribution in [0.3, 0.4) is 0 Å². The summed E-state index contributed by atoms with van der Waals surface area (Å²) in [6.45, 7) is 8.61. The molecule has 7 heteroatoms. The molecule has 3 unspecified atom stereocenters. The number of unbranched alkanes of at least 4 members (excludes halogenated alkanes) is 1. The smallest absolute Gasteiger partial charge is 0.224 e. The summed E-state index contributed by atoms with van der Waals surface area (Å²) in [6.07, 6.45) is 16.1.